The maximum atomic E-state index is 12.2. The Balaban J connectivity index is 1.70. The fraction of sp³-hybridized carbons (Fsp3) is 0.278. The summed E-state index contributed by atoms with van der Waals surface area (Å²) in [4.78, 5) is 12.2. The van der Waals surface area contributed by atoms with E-state index in [2.05, 4.69) is 27.3 Å². The fourth-order valence-corrected chi connectivity index (χ4v) is 2.92. The summed E-state index contributed by atoms with van der Waals surface area (Å²) in [6, 6.07) is 5.38. The van der Waals surface area contributed by atoms with Gasteiger partial charge in [0.25, 0.3) is 5.91 Å². The number of aromatic nitrogens is 2. The lowest BCUT2D eigenvalue weighted by Crippen LogP contribution is -2.20. The van der Waals surface area contributed by atoms with Gasteiger partial charge >= 0.3 is 0 Å². The number of hydrogen-bond acceptors (Lipinski definition) is 4. The minimum atomic E-state index is -0.340. The van der Waals surface area contributed by atoms with Crippen molar-refractivity contribution in [2.75, 3.05) is 0 Å². The lowest BCUT2D eigenvalue weighted by molar-refractivity contribution is 0.0949. The van der Waals surface area contributed by atoms with Gasteiger partial charge in [-0.15, -0.1) is 6.58 Å². The van der Waals surface area contributed by atoms with Crippen LogP contribution in [0.1, 0.15) is 45.7 Å². The Hall–Kier alpha value is -2.89. The minimum absolute atomic E-state index is 0.146. The number of benzene rings is 1. The van der Waals surface area contributed by atoms with E-state index in [9.17, 15) is 9.90 Å². The number of aromatic amines is 1. The molecule has 1 aromatic heterocycles. The summed E-state index contributed by atoms with van der Waals surface area (Å²) in [6.07, 6.45) is 7.71. The first-order valence-corrected chi connectivity index (χ1v) is 8.02. The normalized spacial score (nSPS) is 13.7. The molecule has 1 amide bonds. The molecule has 0 atom stereocenters. The second kappa shape index (κ2) is 7.12. The Morgan fingerprint density at radius 2 is 2.25 bits per heavy atom. The van der Waals surface area contributed by atoms with Crippen molar-refractivity contribution in [2.24, 2.45) is 5.10 Å². The summed E-state index contributed by atoms with van der Waals surface area (Å²) < 4.78 is 0. The van der Waals surface area contributed by atoms with Gasteiger partial charge in [0, 0.05) is 16.8 Å². The number of nitrogens with one attached hydrogen (secondary N) is 2. The van der Waals surface area contributed by atoms with E-state index in [0.717, 1.165) is 42.5 Å². The molecule has 3 rings (SSSR count). The van der Waals surface area contributed by atoms with Gasteiger partial charge < -0.3 is 5.11 Å². The Kier molecular flexibility index (Phi) is 4.74. The Bertz CT molecular complexity index is 792. The number of hydrogen-bond donors (Lipinski definition) is 3. The quantitative estimate of drug-likeness (QED) is 0.448. The van der Waals surface area contributed by atoms with Crippen molar-refractivity contribution in [1.82, 2.24) is 15.6 Å². The smallest absolute Gasteiger partial charge is 0.292 e. The van der Waals surface area contributed by atoms with Crippen molar-refractivity contribution in [1.29, 1.82) is 0 Å². The monoisotopic (exact) mass is 324 g/mol. The number of amides is 1. The third-order valence-corrected chi connectivity index (χ3v) is 4.16. The number of phenols is 1. The molecule has 0 spiro atoms. The van der Waals surface area contributed by atoms with Crippen molar-refractivity contribution in [2.45, 2.75) is 32.1 Å². The molecule has 1 aliphatic rings. The van der Waals surface area contributed by atoms with Crippen molar-refractivity contribution >= 4 is 12.1 Å². The van der Waals surface area contributed by atoms with E-state index in [1.54, 1.807) is 12.1 Å². The Morgan fingerprint density at radius 1 is 1.42 bits per heavy atom. The predicted molar refractivity (Wildman–Crippen MR) is 92.3 cm³/mol. The summed E-state index contributed by atoms with van der Waals surface area (Å²) >= 11 is 0. The zero-order valence-corrected chi connectivity index (χ0v) is 13.4. The van der Waals surface area contributed by atoms with Crippen molar-refractivity contribution in [3.05, 3.63) is 58.9 Å². The van der Waals surface area contributed by atoms with E-state index in [-0.39, 0.29) is 11.7 Å². The molecule has 0 fully saturated rings. The van der Waals surface area contributed by atoms with Gasteiger partial charge in [-0.3, -0.25) is 9.89 Å². The summed E-state index contributed by atoms with van der Waals surface area (Å²) in [5.74, 6) is -0.195. The maximum absolute atomic E-state index is 12.2. The molecule has 1 aromatic carbocycles. The van der Waals surface area contributed by atoms with Crippen molar-refractivity contribution < 1.29 is 9.90 Å². The third kappa shape index (κ3) is 3.22. The van der Waals surface area contributed by atoms with E-state index >= 15 is 0 Å². The Morgan fingerprint density at radius 3 is 3.08 bits per heavy atom. The first-order chi connectivity index (χ1) is 11.7. The molecule has 0 bridgehead atoms. The number of hydrazone groups is 1. The summed E-state index contributed by atoms with van der Waals surface area (Å²) in [5, 5.41) is 21.1. The van der Waals surface area contributed by atoms with E-state index < -0.39 is 0 Å². The highest BCUT2D eigenvalue weighted by molar-refractivity contribution is 5.95. The highest BCUT2D eigenvalue weighted by atomic mass is 16.3. The number of para-hydroxylation sites is 1. The van der Waals surface area contributed by atoms with Crippen LogP contribution < -0.4 is 5.43 Å². The average Bonchev–Trinajstić information content (AvgIpc) is 3.02. The number of aryl methyl sites for hydroxylation is 1. The molecular weight excluding hydrogens is 304 g/mol. The van der Waals surface area contributed by atoms with E-state index in [1.165, 1.54) is 6.21 Å². The predicted octanol–water partition coefficient (Wildman–Crippen LogP) is 2.49. The average molecular weight is 324 g/mol. The molecule has 6 nitrogen and oxygen atoms in total. The number of H-pyrrole nitrogens is 1. The van der Waals surface area contributed by atoms with E-state index in [0.29, 0.717) is 17.7 Å². The molecule has 6 heteroatoms. The van der Waals surface area contributed by atoms with Crippen LogP contribution in [0.4, 0.5) is 0 Å². The molecule has 0 saturated heterocycles. The first-order valence-electron chi connectivity index (χ1n) is 8.02. The van der Waals surface area contributed by atoms with Crippen LogP contribution in [0.3, 0.4) is 0 Å². The number of aromatic hydroxyl groups is 1. The summed E-state index contributed by atoms with van der Waals surface area (Å²) in [5.41, 5.74) is 6.23. The van der Waals surface area contributed by atoms with E-state index in [4.69, 9.17) is 0 Å². The zero-order chi connectivity index (χ0) is 16.9. The lowest BCUT2D eigenvalue weighted by Gasteiger charge is -2.10. The molecule has 24 heavy (non-hydrogen) atoms. The van der Waals surface area contributed by atoms with Gasteiger partial charge in [0.15, 0.2) is 5.69 Å². The maximum Gasteiger partial charge on any atom is 0.292 e. The largest absolute Gasteiger partial charge is 0.507 e. The number of carbonyl (C=O) groups is 1. The molecule has 124 valence electrons. The second-order valence-electron chi connectivity index (χ2n) is 5.78. The van der Waals surface area contributed by atoms with Crippen LogP contribution in [0.25, 0.3) is 0 Å². The SMILES string of the molecule is C=CCc1cccc(C=NNC(=O)c2n[nH]c3c2CCCC3)c1O. The molecule has 0 radical (unpaired) electrons. The van der Waals surface area contributed by atoms with Gasteiger partial charge in [-0.2, -0.15) is 10.2 Å². The van der Waals surface area contributed by atoms with Crippen LogP contribution in [-0.2, 0) is 19.3 Å². The number of rotatable bonds is 5. The number of nitrogens with zero attached hydrogens (tertiary/aromatic N) is 2. The van der Waals surface area contributed by atoms with Crippen molar-refractivity contribution in [3.63, 3.8) is 0 Å². The molecular formula is C18H20N4O2. The summed E-state index contributed by atoms with van der Waals surface area (Å²) in [7, 11) is 0. The molecule has 3 N–H and O–H groups in total. The van der Waals surface area contributed by atoms with Crippen LogP contribution in [-0.4, -0.2) is 27.4 Å². The molecule has 1 aliphatic carbocycles. The molecule has 0 saturated carbocycles. The fourth-order valence-electron chi connectivity index (χ4n) is 2.92. The number of phenolic OH excluding ortho intramolecular Hbond substituents is 1. The highest BCUT2D eigenvalue weighted by Crippen LogP contribution is 2.23. The molecule has 0 aliphatic heterocycles. The standard InChI is InChI=1S/C18H20N4O2/c1-2-6-12-7-5-8-13(17(12)23)11-19-22-18(24)16-14-9-3-4-10-15(14)20-21-16/h2,5,7-8,11,23H,1,3-4,6,9-10H2,(H,20,21)(H,22,24). The third-order valence-electron chi connectivity index (χ3n) is 4.16. The Labute approximate surface area is 140 Å². The summed E-state index contributed by atoms with van der Waals surface area (Å²) in [6.45, 7) is 3.66. The zero-order valence-electron chi connectivity index (χ0n) is 13.4. The van der Waals surface area contributed by atoms with E-state index in [1.807, 2.05) is 12.1 Å². The van der Waals surface area contributed by atoms with Gasteiger partial charge in [0.05, 0.1) is 6.21 Å². The minimum Gasteiger partial charge on any atom is -0.507 e. The molecule has 2 aromatic rings. The molecule has 0 unspecified atom stereocenters. The van der Waals surface area contributed by atoms with Crippen LogP contribution in [0, 0.1) is 0 Å². The van der Waals surface area contributed by atoms with Crippen molar-refractivity contribution in [3.8, 4) is 5.75 Å². The van der Waals surface area contributed by atoms with Gasteiger partial charge in [-0.25, -0.2) is 5.43 Å². The number of carbonyl (C=O) groups excluding carboxylic acids is 1. The topological polar surface area (TPSA) is 90.4 Å². The van der Waals surface area contributed by atoms with Gasteiger partial charge in [0.2, 0.25) is 0 Å². The molecule has 1 heterocycles. The van der Waals surface area contributed by atoms with Crippen LogP contribution in [0.2, 0.25) is 0 Å². The second-order valence-corrected chi connectivity index (χ2v) is 5.78. The lowest BCUT2D eigenvalue weighted by atomic mass is 9.96. The highest BCUT2D eigenvalue weighted by Gasteiger charge is 2.21. The van der Waals surface area contributed by atoms with Gasteiger partial charge in [-0.1, -0.05) is 18.2 Å². The van der Waals surface area contributed by atoms with Gasteiger partial charge in [0.1, 0.15) is 5.75 Å². The number of allylic oxidation sites excluding steroid dienone is 1. The van der Waals surface area contributed by atoms with Crippen LogP contribution >= 0.6 is 0 Å². The first kappa shape index (κ1) is 16.0. The van der Waals surface area contributed by atoms with Crippen LogP contribution in [0.15, 0.2) is 36.0 Å². The number of fused-ring (bicyclic) bond motifs is 1. The van der Waals surface area contributed by atoms with Gasteiger partial charge in [-0.05, 0) is 43.7 Å². The van der Waals surface area contributed by atoms with Crippen LogP contribution in [0.5, 0.6) is 5.75 Å².